The van der Waals surface area contributed by atoms with Crippen molar-refractivity contribution in [2.45, 2.75) is 32.5 Å². The van der Waals surface area contributed by atoms with E-state index in [0.717, 1.165) is 0 Å². The van der Waals surface area contributed by atoms with Gasteiger partial charge in [-0.2, -0.15) is 13.2 Å². The number of hydrogen-bond donors (Lipinski definition) is 2. The van der Waals surface area contributed by atoms with Gasteiger partial charge in [-0.25, -0.2) is 0 Å². The van der Waals surface area contributed by atoms with Crippen LogP contribution in [-0.2, 0) is 11.2 Å². The Hall–Kier alpha value is -1.56. The lowest BCUT2D eigenvalue weighted by Gasteiger charge is -2.16. The van der Waals surface area contributed by atoms with Crippen molar-refractivity contribution in [1.29, 1.82) is 0 Å². The zero-order valence-corrected chi connectivity index (χ0v) is 10.8. The molecule has 106 valence electrons. The first kappa shape index (κ1) is 15.5. The molecule has 1 aromatic rings. The Morgan fingerprint density at radius 3 is 2.53 bits per heavy atom. The molecule has 19 heavy (non-hydrogen) atoms. The first-order valence-electron chi connectivity index (χ1n) is 5.91. The molecule has 0 aromatic heterocycles. The predicted octanol–water partition coefficient (Wildman–Crippen LogP) is 2.71. The van der Waals surface area contributed by atoms with Gasteiger partial charge in [0.05, 0.1) is 12.3 Å². The number of nitrogens with one attached hydrogen (secondary N) is 1. The van der Waals surface area contributed by atoms with Crippen LogP contribution in [0.1, 0.15) is 19.4 Å². The summed E-state index contributed by atoms with van der Waals surface area (Å²) in [7, 11) is 0. The quantitative estimate of drug-likeness (QED) is 0.887. The molecule has 0 aliphatic rings. The van der Waals surface area contributed by atoms with Crippen LogP contribution in [0.15, 0.2) is 24.3 Å². The summed E-state index contributed by atoms with van der Waals surface area (Å²) < 4.78 is 36.8. The molecule has 2 atom stereocenters. The van der Waals surface area contributed by atoms with E-state index in [1.54, 1.807) is 19.9 Å². The van der Waals surface area contributed by atoms with Crippen LogP contribution in [0.2, 0.25) is 0 Å². The lowest BCUT2D eigenvalue weighted by molar-refractivity contribution is -0.127. The fraction of sp³-hybridized carbons (Fsp3) is 0.462. The fourth-order valence-electron chi connectivity index (χ4n) is 1.49. The highest BCUT2D eigenvalue weighted by Gasteiger charge is 2.27. The summed E-state index contributed by atoms with van der Waals surface area (Å²) in [6, 6.07) is 5.40. The number of benzene rings is 1. The Bertz CT molecular complexity index is 444. The molecule has 0 bridgehead atoms. The second kappa shape index (κ2) is 6.06. The Balaban J connectivity index is 2.75. The molecule has 2 unspecified atom stereocenters. The van der Waals surface area contributed by atoms with Gasteiger partial charge in [0.1, 0.15) is 0 Å². The average Bonchev–Trinajstić information content (AvgIpc) is 2.25. The minimum atomic E-state index is -4.26. The van der Waals surface area contributed by atoms with Gasteiger partial charge in [-0.3, -0.25) is 4.79 Å². The summed E-state index contributed by atoms with van der Waals surface area (Å²) in [6.45, 7) is 3.36. The van der Waals surface area contributed by atoms with Gasteiger partial charge in [0.2, 0.25) is 5.91 Å². The number of carbonyl (C=O) groups excluding carboxylic acids is 1. The van der Waals surface area contributed by atoms with Crippen molar-refractivity contribution in [2.75, 3.05) is 5.32 Å². The van der Waals surface area contributed by atoms with Crippen molar-refractivity contribution in [3.05, 3.63) is 29.8 Å². The van der Waals surface area contributed by atoms with Crippen molar-refractivity contribution in [1.82, 2.24) is 0 Å². The predicted molar refractivity (Wildman–Crippen MR) is 67.6 cm³/mol. The van der Waals surface area contributed by atoms with E-state index in [2.05, 4.69) is 5.32 Å². The Morgan fingerprint density at radius 2 is 2.00 bits per heavy atom. The first-order valence-corrected chi connectivity index (χ1v) is 5.91. The van der Waals surface area contributed by atoms with Gasteiger partial charge in [0.15, 0.2) is 0 Å². The normalized spacial score (nSPS) is 14.8. The number of halogens is 3. The number of hydrogen-bond acceptors (Lipinski definition) is 2. The van der Waals surface area contributed by atoms with E-state index >= 15 is 0 Å². The zero-order valence-electron chi connectivity index (χ0n) is 10.8. The molecule has 0 aliphatic heterocycles. The molecule has 0 fully saturated rings. The van der Waals surface area contributed by atoms with E-state index in [0.29, 0.717) is 5.69 Å². The van der Waals surface area contributed by atoms with Crippen LogP contribution >= 0.6 is 0 Å². The van der Waals surface area contributed by atoms with Gasteiger partial charge in [-0.1, -0.05) is 19.1 Å². The van der Waals surface area contributed by atoms with Crippen molar-refractivity contribution in [2.24, 2.45) is 11.7 Å². The molecule has 6 heteroatoms. The molecule has 0 aliphatic carbocycles. The monoisotopic (exact) mass is 274 g/mol. The van der Waals surface area contributed by atoms with Gasteiger partial charge in [-0.05, 0) is 24.6 Å². The van der Waals surface area contributed by atoms with Crippen molar-refractivity contribution >= 4 is 11.6 Å². The molecule has 1 rings (SSSR count). The van der Waals surface area contributed by atoms with E-state index in [9.17, 15) is 18.0 Å². The highest BCUT2D eigenvalue weighted by atomic mass is 19.4. The largest absolute Gasteiger partial charge is 0.393 e. The molecule has 0 spiro atoms. The molecule has 1 aromatic carbocycles. The molecule has 3 N–H and O–H groups in total. The lowest BCUT2D eigenvalue weighted by atomic mass is 10.0. The molecule has 0 saturated carbocycles. The molecule has 1 amide bonds. The van der Waals surface area contributed by atoms with E-state index in [4.69, 9.17) is 5.73 Å². The van der Waals surface area contributed by atoms with Crippen LogP contribution in [-0.4, -0.2) is 18.1 Å². The van der Waals surface area contributed by atoms with E-state index in [-0.39, 0.29) is 17.5 Å². The van der Waals surface area contributed by atoms with Gasteiger partial charge in [0, 0.05) is 11.7 Å². The third-order valence-electron chi connectivity index (χ3n) is 2.80. The summed E-state index contributed by atoms with van der Waals surface area (Å²) in [4.78, 5) is 11.7. The molecular weight excluding hydrogens is 257 g/mol. The van der Waals surface area contributed by atoms with E-state index in [1.165, 1.54) is 18.2 Å². The standard InChI is InChI=1S/C13H17F3N2O/c1-8(9(2)17)12(19)18-11-5-3-4-10(6-11)7-13(14,15)16/h3-6,8-9H,7,17H2,1-2H3,(H,18,19). The Morgan fingerprint density at radius 1 is 1.37 bits per heavy atom. The maximum absolute atomic E-state index is 12.3. The number of alkyl halides is 3. The Kier molecular flexibility index (Phi) is 4.94. The minimum absolute atomic E-state index is 0.110. The average molecular weight is 274 g/mol. The van der Waals surface area contributed by atoms with E-state index < -0.39 is 18.5 Å². The lowest BCUT2D eigenvalue weighted by Crippen LogP contribution is -2.34. The summed E-state index contributed by atoms with van der Waals surface area (Å²) >= 11 is 0. The third kappa shape index (κ3) is 5.30. The number of rotatable bonds is 4. The summed E-state index contributed by atoms with van der Waals surface area (Å²) in [5, 5.41) is 2.56. The highest BCUT2D eigenvalue weighted by Crippen LogP contribution is 2.23. The number of amides is 1. The van der Waals surface area contributed by atoms with Crippen LogP contribution in [0, 0.1) is 5.92 Å². The maximum atomic E-state index is 12.3. The molecular formula is C13H17F3N2O. The zero-order chi connectivity index (χ0) is 14.6. The third-order valence-corrected chi connectivity index (χ3v) is 2.80. The Labute approximate surface area is 110 Å². The van der Waals surface area contributed by atoms with Crippen LogP contribution < -0.4 is 11.1 Å². The SMILES string of the molecule is CC(N)C(C)C(=O)Nc1cccc(CC(F)(F)F)c1. The summed E-state index contributed by atoms with van der Waals surface area (Å²) in [6.07, 6.45) is -5.28. The van der Waals surface area contributed by atoms with Crippen LogP contribution in [0.3, 0.4) is 0 Å². The van der Waals surface area contributed by atoms with E-state index in [1.807, 2.05) is 0 Å². The molecule has 0 saturated heterocycles. The van der Waals surface area contributed by atoms with Gasteiger partial charge < -0.3 is 11.1 Å². The van der Waals surface area contributed by atoms with Crippen molar-refractivity contribution in [3.63, 3.8) is 0 Å². The van der Waals surface area contributed by atoms with Gasteiger partial charge in [0.25, 0.3) is 0 Å². The first-order chi connectivity index (χ1) is 8.69. The minimum Gasteiger partial charge on any atom is -0.327 e. The van der Waals surface area contributed by atoms with Crippen LogP contribution in [0.25, 0.3) is 0 Å². The van der Waals surface area contributed by atoms with Crippen molar-refractivity contribution < 1.29 is 18.0 Å². The van der Waals surface area contributed by atoms with Crippen LogP contribution in [0.4, 0.5) is 18.9 Å². The van der Waals surface area contributed by atoms with Crippen LogP contribution in [0.5, 0.6) is 0 Å². The second-order valence-electron chi connectivity index (χ2n) is 4.63. The molecule has 3 nitrogen and oxygen atoms in total. The number of anilines is 1. The van der Waals surface area contributed by atoms with Gasteiger partial charge in [-0.15, -0.1) is 0 Å². The summed E-state index contributed by atoms with van der Waals surface area (Å²) in [5.41, 5.74) is 6.05. The smallest absolute Gasteiger partial charge is 0.327 e. The number of nitrogens with two attached hydrogens (primary N) is 1. The molecule has 0 radical (unpaired) electrons. The highest BCUT2D eigenvalue weighted by molar-refractivity contribution is 5.92. The molecule has 0 heterocycles. The summed E-state index contributed by atoms with van der Waals surface area (Å²) in [5.74, 6) is -0.717. The maximum Gasteiger partial charge on any atom is 0.393 e. The second-order valence-corrected chi connectivity index (χ2v) is 4.63. The topological polar surface area (TPSA) is 55.1 Å². The van der Waals surface area contributed by atoms with Crippen molar-refractivity contribution in [3.8, 4) is 0 Å². The van der Waals surface area contributed by atoms with Gasteiger partial charge >= 0.3 is 6.18 Å². The number of carbonyl (C=O) groups is 1. The fourth-order valence-corrected chi connectivity index (χ4v) is 1.49.